The third kappa shape index (κ3) is 2.43. The third-order valence-electron chi connectivity index (χ3n) is 5.14. The summed E-state index contributed by atoms with van der Waals surface area (Å²) in [6.07, 6.45) is 2.76. The number of amides is 1. The molecule has 2 atom stereocenters. The molecule has 1 aliphatic carbocycles. The molecular formula is C17H21NO3. The second-order valence-corrected chi connectivity index (χ2v) is 6.31. The van der Waals surface area contributed by atoms with Crippen molar-refractivity contribution in [2.75, 3.05) is 13.1 Å². The van der Waals surface area contributed by atoms with Crippen LogP contribution in [0.1, 0.15) is 37.7 Å². The minimum absolute atomic E-state index is 0.0969. The summed E-state index contributed by atoms with van der Waals surface area (Å²) in [6.45, 7) is 2.92. The number of carbonyl (C=O) groups excluding carboxylic acids is 1. The average molecular weight is 287 g/mol. The number of carboxylic acid groups (broad SMARTS) is 1. The predicted octanol–water partition coefficient (Wildman–Crippen LogP) is 2.50. The fraction of sp³-hybridized carbons (Fsp3) is 0.529. The van der Waals surface area contributed by atoms with Gasteiger partial charge >= 0.3 is 5.97 Å². The summed E-state index contributed by atoms with van der Waals surface area (Å²) in [5, 5.41) is 9.48. The molecule has 1 saturated carbocycles. The van der Waals surface area contributed by atoms with Gasteiger partial charge in [-0.1, -0.05) is 37.3 Å². The van der Waals surface area contributed by atoms with Gasteiger partial charge in [0.15, 0.2) is 0 Å². The fourth-order valence-corrected chi connectivity index (χ4v) is 3.46. The number of hydrogen-bond donors (Lipinski definition) is 1. The first-order valence-electron chi connectivity index (χ1n) is 7.64. The van der Waals surface area contributed by atoms with E-state index < -0.39 is 11.9 Å². The van der Waals surface area contributed by atoms with Crippen LogP contribution in [0.25, 0.3) is 0 Å². The Labute approximate surface area is 124 Å². The molecule has 1 amide bonds. The lowest BCUT2D eigenvalue weighted by molar-refractivity contribution is -0.142. The van der Waals surface area contributed by atoms with Gasteiger partial charge in [-0.2, -0.15) is 0 Å². The Hall–Kier alpha value is -1.84. The molecule has 21 heavy (non-hydrogen) atoms. The first-order chi connectivity index (χ1) is 10.1. The summed E-state index contributed by atoms with van der Waals surface area (Å²) < 4.78 is 0. The van der Waals surface area contributed by atoms with E-state index in [1.165, 1.54) is 0 Å². The molecule has 3 rings (SSSR count). The van der Waals surface area contributed by atoms with Crippen molar-refractivity contribution in [2.45, 2.75) is 32.1 Å². The van der Waals surface area contributed by atoms with Crippen molar-refractivity contribution in [2.24, 2.45) is 11.3 Å². The number of benzene rings is 1. The topological polar surface area (TPSA) is 57.6 Å². The summed E-state index contributed by atoms with van der Waals surface area (Å²) in [7, 11) is 0. The zero-order chi connectivity index (χ0) is 15.0. The molecule has 1 N–H and O–H groups in total. The molecule has 1 heterocycles. The van der Waals surface area contributed by atoms with E-state index in [0.717, 1.165) is 24.8 Å². The summed E-state index contributed by atoms with van der Waals surface area (Å²) in [5.74, 6) is -1.24. The third-order valence-corrected chi connectivity index (χ3v) is 5.14. The number of rotatable bonds is 4. The van der Waals surface area contributed by atoms with E-state index >= 15 is 0 Å². The number of likely N-dealkylation sites (tertiary alicyclic amines) is 1. The van der Waals surface area contributed by atoms with Crippen LogP contribution in [0.2, 0.25) is 0 Å². The maximum Gasteiger partial charge on any atom is 0.308 e. The Morgan fingerprint density at radius 3 is 2.43 bits per heavy atom. The zero-order valence-electron chi connectivity index (χ0n) is 12.3. The molecule has 0 spiro atoms. The molecule has 2 aliphatic rings. The molecule has 4 heteroatoms. The van der Waals surface area contributed by atoms with Gasteiger partial charge in [0.05, 0.1) is 5.92 Å². The molecule has 0 radical (unpaired) electrons. The van der Waals surface area contributed by atoms with Crippen LogP contribution in [0.3, 0.4) is 0 Å². The molecule has 4 nitrogen and oxygen atoms in total. The first-order valence-corrected chi connectivity index (χ1v) is 7.64. The van der Waals surface area contributed by atoms with Crippen LogP contribution in [0.4, 0.5) is 0 Å². The quantitative estimate of drug-likeness (QED) is 0.925. The van der Waals surface area contributed by atoms with Crippen LogP contribution in [0.5, 0.6) is 0 Å². The van der Waals surface area contributed by atoms with Crippen LogP contribution in [-0.4, -0.2) is 35.0 Å². The van der Waals surface area contributed by atoms with E-state index in [0.29, 0.717) is 13.1 Å². The Bertz CT molecular complexity index is 550. The first kappa shape index (κ1) is 14.1. The van der Waals surface area contributed by atoms with E-state index in [1.807, 2.05) is 37.3 Å². The molecule has 1 saturated heterocycles. The van der Waals surface area contributed by atoms with Crippen molar-refractivity contribution in [1.29, 1.82) is 0 Å². The smallest absolute Gasteiger partial charge is 0.308 e. The number of nitrogens with zero attached hydrogens (tertiary/aromatic N) is 1. The standard InChI is InChI=1S/C17H21NO3/c1-2-17(8-9-17)16(21)18-10-13(14(11-18)15(19)20)12-6-4-3-5-7-12/h3-7,13-14H,2,8-11H2,1H3,(H,19,20). The summed E-state index contributed by atoms with van der Waals surface area (Å²) in [6, 6.07) is 9.69. The van der Waals surface area contributed by atoms with Crippen molar-refractivity contribution >= 4 is 11.9 Å². The van der Waals surface area contributed by atoms with Gasteiger partial charge in [0.2, 0.25) is 5.91 Å². The molecule has 1 aromatic rings. The number of hydrogen-bond acceptors (Lipinski definition) is 2. The van der Waals surface area contributed by atoms with Gasteiger partial charge in [-0.05, 0) is 24.8 Å². The van der Waals surface area contributed by atoms with Gasteiger partial charge in [0, 0.05) is 24.4 Å². The molecule has 112 valence electrons. The van der Waals surface area contributed by atoms with E-state index in [2.05, 4.69) is 0 Å². The van der Waals surface area contributed by atoms with Crippen LogP contribution < -0.4 is 0 Å². The molecule has 1 aromatic carbocycles. The highest BCUT2D eigenvalue weighted by Gasteiger charge is 2.52. The Morgan fingerprint density at radius 1 is 1.24 bits per heavy atom. The average Bonchev–Trinajstić information content (AvgIpc) is 3.18. The van der Waals surface area contributed by atoms with E-state index in [-0.39, 0.29) is 17.2 Å². The van der Waals surface area contributed by atoms with Crippen molar-refractivity contribution in [1.82, 2.24) is 4.90 Å². The van der Waals surface area contributed by atoms with Gasteiger partial charge in [-0.15, -0.1) is 0 Å². The number of aliphatic carboxylic acids is 1. The Balaban J connectivity index is 1.82. The van der Waals surface area contributed by atoms with Gasteiger partial charge in [-0.25, -0.2) is 0 Å². The minimum atomic E-state index is -0.805. The van der Waals surface area contributed by atoms with Crippen molar-refractivity contribution in [3.63, 3.8) is 0 Å². The Kier molecular flexibility index (Phi) is 3.47. The molecule has 0 bridgehead atoms. The minimum Gasteiger partial charge on any atom is -0.481 e. The van der Waals surface area contributed by atoms with E-state index in [4.69, 9.17) is 0 Å². The van der Waals surface area contributed by atoms with Crippen LogP contribution >= 0.6 is 0 Å². The molecule has 0 aromatic heterocycles. The number of carbonyl (C=O) groups is 2. The molecule has 2 unspecified atom stereocenters. The van der Waals surface area contributed by atoms with Crippen LogP contribution in [0, 0.1) is 11.3 Å². The SMILES string of the molecule is CCC1(C(=O)N2CC(C(=O)O)C(c3ccccc3)C2)CC1. The van der Waals surface area contributed by atoms with Crippen LogP contribution in [0.15, 0.2) is 30.3 Å². The van der Waals surface area contributed by atoms with Crippen molar-refractivity contribution < 1.29 is 14.7 Å². The lowest BCUT2D eigenvalue weighted by Crippen LogP contribution is -2.36. The van der Waals surface area contributed by atoms with Gasteiger partial charge < -0.3 is 10.0 Å². The maximum absolute atomic E-state index is 12.6. The summed E-state index contributed by atoms with van der Waals surface area (Å²) in [5.41, 5.74) is 0.829. The molecule has 2 fully saturated rings. The van der Waals surface area contributed by atoms with Crippen molar-refractivity contribution in [3.05, 3.63) is 35.9 Å². The van der Waals surface area contributed by atoms with Crippen LogP contribution in [-0.2, 0) is 9.59 Å². The maximum atomic E-state index is 12.6. The fourth-order valence-electron chi connectivity index (χ4n) is 3.46. The van der Waals surface area contributed by atoms with Gasteiger partial charge in [0.1, 0.15) is 0 Å². The zero-order valence-corrected chi connectivity index (χ0v) is 12.3. The van der Waals surface area contributed by atoms with Gasteiger partial charge in [-0.3, -0.25) is 9.59 Å². The highest BCUT2D eigenvalue weighted by molar-refractivity contribution is 5.86. The largest absolute Gasteiger partial charge is 0.481 e. The molecular weight excluding hydrogens is 266 g/mol. The second-order valence-electron chi connectivity index (χ2n) is 6.31. The second kappa shape index (κ2) is 5.17. The monoisotopic (exact) mass is 287 g/mol. The van der Waals surface area contributed by atoms with Gasteiger partial charge in [0.25, 0.3) is 0 Å². The highest BCUT2D eigenvalue weighted by Crippen LogP contribution is 2.51. The lowest BCUT2D eigenvalue weighted by atomic mass is 9.89. The highest BCUT2D eigenvalue weighted by atomic mass is 16.4. The lowest BCUT2D eigenvalue weighted by Gasteiger charge is -2.22. The Morgan fingerprint density at radius 2 is 1.90 bits per heavy atom. The molecule has 1 aliphatic heterocycles. The summed E-state index contributed by atoms with van der Waals surface area (Å²) in [4.78, 5) is 26.0. The van der Waals surface area contributed by atoms with E-state index in [1.54, 1.807) is 4.90 Å². The normalized spacial score (nSPS) is 26.6. The predicted molar refractivity (Wildman–Crippen MR) is 78.8 cm³/mol. The summed E-state index contributed by atoms with van der Waals surface area (Å²) >= 11 is 0. The van der Waals surface area contributed by atoms with Crippen molar-refractivity contribution in [3.8, 4) is 0 Å². The van der Waals surface area contributed by atoms with E-state index in [9.17, 15) is 14.7 Å². The number of carboxylic acids is 1.